The van der Waals surface area contributed by atoms with Crippen LogP contribution in [-0.4, -0.2) is 0 Å². The van der Waals surface area contributed by atoms with E-state index in [4.69, 9.17) is 38.8 Å². The van der Waals surface area contributed by atoms with Crippen molar-refractivity contribution in [1.29, 1.82) is 0 Å². The van der Waals surface area contributed by atoms with Crippen molar-refractivity contribution in [2.45, 2.75) is 0 Å². The molecule has 0 fully saturated rings. The summed E-state index contributed by atoms with van der Waals surface area (Å²) in [5.74, 6) is 0. The quantitative estimate of drug-likeness (QED) is 0.255. The van der Waals surface area contributed by atoms with Crippen molar-refractivity contribution in [3.8, 4) is 0 Å². The fourth-order valence-electron chi connectivity index (χ4n) is 1.57. The zero-order chi connectivity index (χ0) is 12.9. The third-order valence-electron chi connectivity index (χ3n) is 2.59. The van der Waals surface area contributed by atoms with Crippen LogP contribution >= 0.6 is 0 Å². The molecular weight excluding hydrogens is 224 g/mol. The molecule has 8 heteroatoms. The van der Waals surface area contributed by atoms with Crippen LogP contribution in [0.3, 0.4) is 0 Å². The summed E-state index contributed by atoms with van der Waals surface area (Å²) in [4.78, 5) is 11.4. The van der Waals surface area contributed by atoms with E-state index >= 15 is 0 Å². The Kier molecular flexibility index (Phi) is 1.96. The fourth-order valence-corrected chi connectivity index (χ4v) is 1.57. The molecule has 0 aliphatic carbocycles. The van der Waals surface area contributed by atoms with Crippen LogP contribution in [0.25, 0.3) is 11.0 Å². The van der Waals surface area contributed by atoms with Gasteiger partial charge in [0.05, 0.1) is 28.1 Å². The number of benzene rings is 1. The van der Waals surface area contributed by atoms with Crippen molar-refractivity contribution in [3.05, 3.63) is 10.4 Å². The topological polar surface area (TPSA) is 186 Å². The molecule has 0 saturated heterocycles. The molecule has 17 heavy (non-hydrogen) atoms. The smallest absolute Gasteiger partial charge is 0.361 e. The van der Waals surface area contributed by atoms with Crippen LogP contribution in [0.4, 0.5) is 34.1 Å². The minimum Gasteiger partial charge on any atom is -0.419 e. The highest BCUT2D eigenvalue weighted by atomic mass is 16.4. The zero-order valence-corrected chi connectivity index (χ0v) is 8.78. The molecule has 90 valence electrons. The summed E-state index contributed by atoms with van der Waals surface area (Å²) >= 11 is 0. The Morgan fingerprint density at radius 3 is 1.71 bits per heavy atom. The van der Waals surface area contributed by atoms with E-state index in [1.807, 2.05) is 0 Å². The number of nitrogens with two attached hydrogens (primary N) is 6. The Morgan fingerprint density at radius 2 is 1.12 bits per heavy atom. The number of hydrogen-bond acceptors (Lipinski definition) is 8. The van der Waals surface area contributed by atoms with Crippen molar-refractivity contribution in [1.82, 2.24) is 0 Å². The second-order valence-corrected chi connectivity index (χ2v) is 3.58. The second kappa shape index (κ2) is 3.11. The van der Waals surface area contributed by atoms with Gasteiger partial charge < -0.3 is 38.8 Å². The monoisotopic (exact) mass is 236 g/mol. The molecule has 0 bridgehead atoms. The number of nitrogen functional groups attached to an aromatic ring is 6. The number of fused-ring (bicyclic) bond motifs is 1. The number of anilines is 6. The molecular formula is C9H12N6O2. The van der Waals surface area contributed by atoms with Gasteiger partial charge in [0.1, 0.15) is 11.4 Å². The van der Waals surface area contributed by atoms with Crippen molar-refractivity contribution >= 4 is 45.1 Å². The van der Waals surface area contributed by atoms with E-state index in [1.165, 1.54) is 0 Å². The molecule has 0 spiro atoms. The van der Waals surface area contributed by atoms with E-state index in [9.17, 15) is 4.79 Å². The van der Waals surface area contributed by atoms with Gasteiger partial charge in [-0.3, -0.25) is 0 Å². The number of rotatable bonds is 0. The molecule has 0 aliphatic rings. The Morgan fingerprint density at radius 1 is 0.647 bits per heavy atom. The van der Waals surface area contributed by atoms with Crippen LogP contribution in [0, 0.1) is 0 Å². The molecule has 0 amide bonds. The first-order valence-electron chi connectivity index (χ1n) is 4.59. The van der Waals surface area contributed by atoms with Crippen molar-refractivity contribution in [2.75, 3.05) is 34.4 Å². The Labute approximate surface area is 95.1 Å². The zero-order valence-electron chi connectivity index (χ0n) is 8.78. The first kappa shape index (κ1) is 10.7. The van der Waals surface area contributed by atoms with Gasteiger partial charge >= 0.3 is 5.63 Å². The Hall–Kier alpha value is -2.77. The summed E-state index contributed by atoms with van der Waals surface area (Å²) in [5.41, 5.74) is 33.0. The van der Waals surface area contributed by atoms with Crippen LogP contribution in [0.1, 0.15) is 0 Å². The summed E-state index contributed by atoms with van der Waals surface area (Å²) in [6, 6.07) is 0. The van der Waals surface area contributed by atoms with Gasteiger partial charge in [-0.1, -0.05) is 0 Å². The normalized spacial score (nSPS) is 10.8. The average Bonchev–Trinajstić information content (AvgIpc) is 2.30. The van der Waals surface area contributed by atoms with Gasteiger partial charge in [0, 0.05) is 0 Å². The van der Waals surface area contributed by atoms with Gasteiger partial charge in [0.2, 0.25) is 0 Å². The lowest BCUT2D eigenvalue weighted by atomic mass is 10.1. The van der Waals surface area contributed by atoms with Crippen molar-refractivity contribution in [3.63, 3.8) is 0 Å². The average molecular weight is 236 g/mol. The van der Waals surface area contributed by atoms with E-state index in [0.717, 1.165) is 0 Å². The summed E-state index contributed by atoms with van der Waals surface area (Å²) in [6.45, 7) is 0. The van der Waals surface area contributed by atoms with E-state index in [-0.39, 0.29) is 45.1 Å². The van der Waals surface area contributed by atoms with Gasteiger partial charge in [0.15, 0.2) is 5.58 Å². The third-order valence-corrected chi connectivity index (χ3v) is 2.59. The summed E-state index contributed by atoms with van der Waals surface area (Å²) in [7, 11) is 0. The number of hydrogen-bond donors (Lipinski definition) is 6. The Balaban J connectivity index is 3.18. The largest absolute Gasteiger partial charge is 0.419 e. The third kappa shape index (κ3) is 1.20. The molecule has 8 nitrogen and oxygen atoms in total. The maximum absolute atomic E-state index is 11.4. The molecule has 0 aliphatic heterocycles. The maximum Gasteiger partial charge on any atom is 0.361 e. The SMILES string of the molecule is Nc1c(N)c(N)c2c(N)c(N)c(=O)oc2c1N. The van der Waals surface area contributed by atoms with E-state index in [2.05, 4.69) is 0 Å². The van der Waals surface area contributed by atoms with Gasteiger partial charge in [-0.25, -0.2) is 4.79 Å². The van der Waals surface area contributed by atoms with Crippen LogP contribution < -0.4 is 40.0 Å². The molecule has 0 radical (unpaired) electrons. The van der Waals surface area contributed by atoms with Gasteiger partial charge in [-0.2, -0.15) is 0 Å². The van der Waals surface area contributed by atoms with E-state index in [1.54, 1.807) is 0 Å². The lowest BCUT2D eigenvalue weighted by Gasteiger charge is -2.13. The van der Waals surface area contributed by atoms with E-state index in [0.29, 0.717) is 0 Å². The predicted molar refractivity (Wildman–Crippen MR) is 69.0 cm³/mol. The molecule has 0 saturated carbocycles. The fraction of sp³-hybridized carbons (Fsp3) is 0. The second-order valence-electron chi connectivity index (χ2n) is 3.58. The molecule has 2 aromatic rings. The summed E-state index contributed by atoms with van der Waals surface area (Å²) in [5, 5.41) is 0.200. The highest BCUT2D eigenvalue weighted by molar-refractivity contribution is 6.15. The highest BCUT2D eigenvalue weighted by Gasteiger charge is 2.19. The first-order valence-corrected chi connectivity index (χ1v) is 4.59. The van der Waals surface area contributed by atoms with Crippen LogP contribution in [0.5, 0.6) is 0 Å². The minimum atomic E-state index is -0.801. The standard InChI is InChI=1S/C9H12N6O2/c10-2-1-3(11)7(15)9(16)17-8(1)6(14)5(13)4(2)12/h10-15H2. The lowest BCUT2D eigenvalue weighted by molar-refractivity contribution is 0.566. The van der Waals surface area contributed by atoms with Crippen molar-refractivity contribution in [2.24, 2.45) is 0 Å². The first-order chi connectivity index (χ1) is 7.86. The van der Waals surface area contributed by atoms with Gasteiger partial charge in [-0.15, -0.1) is 0 Å². The summed E-state index contributed by atoms with van der Waals surface area (Å²) < 4.78 is 4.92. The van der Waals surface area contributed by atoms with Crippen LogP contribution in [-0.2, 0) is 0 Å². The molecule has 0 unspecified atom stereocenters. The molecule has 1 heterocycles. The van der Waals surface area contributed by atoms with Crippen LogP contribution in [0.15, 0.2) is 9.21 Å². The molecule has 1 aromatic heterocycles. The molecule has 12 N–H and O–H groups in total. The molecule has 1 aromatic carbocycles. The van der Waals surface area contributed by atoms with Crippen LogP contribution in [0.2, 0.25) is 0 Å². The Bertz CT molecular complexity index is 690. The highest BCUT2D eigenvalue weighted by Crippen LogP contribution is 2.41. The van der Waals surface area contributed by atoms with Crippen molar-refractivity contribution < 1.29 is 4.42 Å². The maximum atomic E-state index is 11.4. The predicted octanol–water partition coefficient (Wildman–Crippen LogP) is -0.714. The van der Waals surface area contributed by atoms with E-state index < -0.39 is 5.63 Å². The van der Waals surface area contributed by atoms with Gasteiger partial charge in [-0.05, 0) is 0 Å². The lowest BCUT2D eigenvalue weighted by Crippen LogP contribution is -2.13. The molecule has 0 atom stereocenters. The summed E-state index contributed by atoms with van der Waals surface area (Å²) in [6.07, 6.45) is 0. The minimum absolute atomic E-state index is 0.00843. The molecule has 2 rings (SSSR count). The van der Waals surface area contributed by atoms with Gasteiger partial charge in [0.25, 0.3) is 0 Å².